The number of nitrogens with zero attached hydrogens (tertiary/aromatic N) is 2. The van der Waals surface area contributed by atoms with E-state index in [4.69, 9.17) is 10.4 Å². The van der Waals surface area contributed by atoms with Crippen LogP contribution in [0.15, 0.2) is 11.1 Å². The summed E-state index contributed by atoms with van der Waals surface area (Å²) in [6.45, 7) is 0. The van der Waals surface area contributed by atoms with E-state index in [1.807, 2.05) is 0 Å². The lowest BCUT2D eigenvalue weighted by Gasteiger charge is -2.06. The van der Waals surface area contributed by atoms with E-state index in [0.717, 1.165) is 0 Å². The summed E-state index contributed by atoms with van der Waals surface area (Å²) in [5, 5.41) is 21.4. The van der Waals surface area contributed by atoms with E-state index in [-0.39, 0.29) is 0 Å². The molecule has 0 unspecified atom stereocenters. The summed E-state index contributed by atoms with van der Waals surface area (Å²) in [7, 11) is -4.31. The van der Waals surface area contributed by atoms with Gasteiger partial charge >= 0.3 is 0 Å². The Labute approximate surface area is 89.0 Å². The second-order valence-electron chi connectivity index (χ2n) is 2.70. The Kier molecular flexibility index (Phi) is 3.06. The van der Waals surface area contributed by atoms with Crippen molar-refractivity contribution in [2.45, 2.75) is 11.5 Å². The second kappa shape index (κ2) is 3.99. The standard InChI is InChI=1S/C7H5F2N3O3S/c8-7(9)5-6(13)3(2-10)1-4(12-5)16(11,14)15/h1,7,13H,(H2,11,14,15). The van der Waals surface area contributed by atoms with Crippen molar-refractivity contribution < 1.29 is 22.3 Å². The van der Waals surface area contributed by atoms with Crippen LogP contribution < -0.4 is 5.14 Å². The molecule has 9 heteroatoms. The van der Waals surface area contributed by atoms with Crippen LogP contribution >= 0.6 is 0 Å². The van der Waals surface area contributed by atoms with E-state index in [1.54, 1.807) is 0 Å². The summed E-state index contributed by atoms with van der Waals surface area (Å²) in [4.78, 5) is 2.99. The average Bonchev–Trinajstić information content (AvgIpc) is 2.15. The van der Waals surface area contributed by atoms with Crippen LogP contribution in [0, 0.1) is 11.3 Å². The molecule has 3 N–H and O–H groups in total. The van der Waals surface area contributed by atoms with Gasteiger partial charge in [-0.25, -0.2) is 27.3 Å². The molecule has 0 aliphatic heterocycles. The van der Waals surface area contributed by atoms with E-state index in [1.165, 1.54) is 6.07 Å². The molecule has 0 radical (unpaired) electrons. The third-order valence-corrected chi connectivity index (χ3v) is 2.41. The zero-order valence-electron chi connectivity index (χ0n) is 7.55. The Morgan fingerprint density at radius 3 is 2.50 bits per heavy atom. The molecule has 0 amide bonds. The Balaban J connectivity index is 3.61. The molecule has 16 heavy (non-hydrogen) atoms. The number of hydrogen-bond acceptors (Lipinski definition) is 5. The normalized spacial score (nSPS) is 11.4. The van der Waals surface area contributed by atoms with Gasteiger partial charge in [0.2, 0.25) is 0 Å². The van der Waals surface area contributed by atoms with Gasteiger partial charge in [0.25, 0.3) is 16.4 Å². The summed E-state index contributed by atoms with van der Waals surface area (Å²) in [5.74, 6) is -1.05. The van der Waals surface area contributed by atoms with Crippen LogP contribution in [0.25, 0.3) is 0 Å². The van der Waals surface area contributed by atoms with Gasteiger partial charge in [0.05, 0.1) is 5.56 Å². The Morgan fingerprint density at radius 1 is 1.56 bits per heavy atom. The average molecular weight is 249 g/mol. The fraction of sp³-hybridized carbons (Fsp3) is 0.143. The van der Waals surface area contributed by atoms with Crippen molar-refractivity contribution >= 4 is 10.0 Å². The fourth-order valence-electron chi connectivity index (χ4n) is 0.917. The van der Waals surface area contributed by atoms with Gasteiger partial charge in [0.15, 0.2) is 16.5 Å². The minimum absolute atomic E-state index is 0.622. The van der Waals surface area contributed by atoms with Crippen molar-refractivity contribution in [3.05, 3.63) is 17.3 Å². The Hall–Kier alpha value is -1.79. The lowest BCUT2D eigenvalue weighted by Crippen LogP contribution is -2.15. The first-order valence-corrected chi connectivity index (χ1v) is 5.27. The summed E-state index contributed by atoms with van der Waals surface area (Å²) < 4.78 is 46.4. The predicted molar refractivity (Wildman–Crippen MR) is 46.9 cm³/mol. The lowest BCUT2D eigenvalue weighted by atomic mass is 10.2. The number of rotatable bonds is 2. The highest BCUT2D eigenvalue weighted by molar-refractivity contribution is 7.89. The van der Waals surface area contributed by atoms with E-state index in [2.05, 4.69) is 10.1 Å². The van der Waals surface area contributed by atoms with Crippen LogP contribution in [0.5, 0.6) is 5.75 Å². The molecule has 0 spiro atoms. The second-order valence-corrected chi connectivity index (χ2v) is 4.21. The molecule has 0 fully saturated rings. The first kappa shape index (κ1) is 12.3. The van der Waals surface area contributed by atoms with Crippen LogP contribution in [0.1, 0.15) is 17.7 Å². The molecule has 0 aliphatic carbocycles. The number of pyridine rings is 1. The van der Waals surface area contributed by atoms with Gasteiger partial charge in [-0.2, -0.15) is 5.26 Å². The van der Waals surface area contributed by atoms with E-state index < -0.39 is 38.5 Å². The van der Waals surface area contributed by atoms with Gasteiger partial charge in [-0.3, -0.25) is 0 Å². The minimum Gasteiger partial charge on any atom is -0.505 e. The largest absolute Gasteiger partial charge is 0.505 e. The first-order valence-electron chi connectivity index (χ1n) is 3.72. The van der Waals surface area contributed by atoms with Gasteiger partial charge in [0.1, 0.15) is 6.07 Å². The molecular weight excluding hydrogens is 244 g/mol. The molecule has 1 aromatic rings. The van der Waals surface area contributed by atoms with Gasteiger partial charge < -0.3 is 5.11 Å². The number of nitriles is 1. The molecule has 0 atom stereocenters. The maximum absolute atomic E-state index is 12.3. The topological polar surface area (TPSA) is 117 Å². The minimum atomic E-state index is -4.31. The first-order chi connectivity index (χ1) is 7.27. The van der Waals surface area contributed by atoms with Crippen molar-refractivity contribution in [2.75, 3.05) is 0 Å². The van der Waals surface area contributed by atoms with Gasteiger partial charge in [0, 0.05) is 0 Å². The van der Waals surface area contributed by atoms with Crippen molar-refractivity contribution in [1.82, 2.24) is 4.98 Å². The molecule has 86 valence electrons. The van der Waals surface area contributed by atoms with Gasteiger partial charge in [-0.15, -0.1) is 0 Å². The summed E-state index contributed by atoms with van der Waals surface area (Å²) in [5.41, 5.74) is -1.82. The van der Waals surface area contributed by atoms with Gasteiger partial charge in [-0.05, 0) is 6.07 Å². The highest BCUT2D eigenvalue weighted by Gasteiger charge is 2.23. The van der Waals surface area contributed by atoms with Crippen LogP contribution in [-0.2, 0) is 10.0 Å². The van der Waals surface area contributed by atoms with E-state index in [0.29, 0.717) is 6.07 Å². The highest BCUT2D eigenvalue weighted by atomic mass is 32.2. The summed E-state index contributed by atoms with van der Waals surface area (Å²) in [6.07, 6.45) is -3.21. The SMILES string of the molecule is N#Cc1cc(S(N)(=O)=O)nc(C(F)F)c1O. The molecule has 0 aliphatic rings. The number of alkyl halides is 2. The number of sulfonamides is 1. The van der Waals surface area contributed by atoms with Crippen molar-refractivity contribution in [1.29, 1.82) is 5.26 Å². The van der Waals surface area contributed by atoms with Crippen molar-refractivity contribution in [2.24, 2.45) is 5.14 Å². The third kappa shape index (κ3) is 2.23. The number of hydrogen-bond donors (Lipinski definition) is 2. The molecule has 1 rings (SSSR count). The molecule has 1 heterocycles. The quantitative estimate of drug-likeness (QED) is 0.778. The van der Waals surface area contributed by atoms with Crippen molar-refractivity contribution in [3.63, 3.8) is 0 Å². The van der Waals surface area contributed by atoms with Crippen LogP contribution in [-0.4, -0.2) is 18.5 Å². The van der Waals surface area contributed by atoms with E-state index >= 15 is 0 Å². The molecule has 0 saturated carbocycles. The maximum Gasteiger partial charge on any atom is 0.284 e. The summed E-state index contributed by atoms with van der Waals surface area (Å²) >= 11 is 0. The van der Waals surface area contributed by atoms with E-state index in [9.17, 15) is 17.2 Å². The smallest absolute Gasteiger partial charge is 0.284 e. The number of halogens is 2. The predicted octanol–water partition coefficient (Wildman–Crippen LogP) is 0.244. The maximum atomic E-state index is 12.3. The number of primary sulfonamides is 1. The monoisotopic (exact) mass is 249 g/mol. The van der Waals surface area contributed by atoms with Crippen LogP contribution in [0.4, 0.5) is 8.78 Å². The Bertz CT molecular complexity index is 565. The Morgan fingerprint density at radius 2 is 2.12 bits per heavy atom. The summed E-state index contributed by atoms with van der Waals surface area (Å²) in [6, 6.07) is 1.98. The molecule has 0 bridgehead atoms. The lowest BCUT2D eigenvalue weighted by molar-refractivity contribution is 0.141. The molecule has 0 aromatic carbocycles. The molecule has 1 aromatic heterocycles. The van der Waals surface area contributed by atoms with Crippen molar-refractivity contribution in [3.8, 4) is 11.8 Å². The fourth-order valence-corrected chi connectivity index (χ4v) is 1.42. The number of aromatic nitrogens is 1. The zero-order valence-corrected chi connectivity index (χ0v) is 8.37. The number of aromatic hydroxyl groups is 1. The van der Waals surface area contributed by atoms with Crippen LogP contribution in [0.3, 0.4) is 0 Å². The van der Waals surface area contributed by atoms with Crippen LogP contribution in [0.2, 0.25) is 0 Å². The number of nitrogens with two attached hydrogens (primary N) is 1. The molecular formula is C7H5F2N3O3S. The molecule has 6 nitrogen and oxygen atoms in total. The third-order valence-electron chi connectivity index (χ3n) is 1.61. The zero-order chi connectivity index (χ0) is 12.5. The van der Waals surface area contributed by atoms with Gasteiger partial charge in [-0.1, -0.05) is 0 Å². The molecule has 0 saturated heterocycles. The highest BCUT2D eigenvalue weighted by Crippen LogP contribution is 2.30.